The van der Waals surface area contributed by atoms with Crippen molar-refractivity contribution in [3.8, 4) is 5.75 Å². The van der Waals surface area contributed by atoms with Crippen LogP contribution in [0.3, 0.4) is 0 Å². The zero-order valence-electron chi connectivity index (χ0n) is 17.4. The molecule has 8 heteroatoms. The summed E-state index contributed by atoms with van der Waals surface area (Å²) in [6.07, 6.45) is 5.85. The van der Waals surface area contributed by atoms with Crippen molar-refractivity contribution in [2.45, 2.75) is 19.0 Å². The van der Waals surface area contributed by atoms with Gasteiger partial charge in [0.1, 0.15) is 11.5 Å². The third-order valence-electron chi connectivity index (χ3n) is 5.44. The molecule has 0 aliphatic carbocycles. The van der Waals surface area contributed by atoms with E-state index in [0.717, 1.165) is 0 Å². The lowest BCUT2D eigenvalue weighted by atomic mass is 9.95. The number of aromatic nitrogens is 2. The smallest absolute Gasteiger partial charge is 0.295 e. The monoisotopic (exact) mass is 451 g/mol. The van der Waals surface area contributed by atoms with Gasteiger partial charge in [-0.3, -0.25) is 9.59 Å². The van der Waals surface area contributed by atoms with Gasteiger partial charge >= 0.3 is 0 Å². The Kier molecular flexibility index (Phi) is 6.28. The van der Waals surface area contributed by atoms with Gasteiger partial charge in [-0.05, 0) is 48.4 Å². The molecule has 3 aromatic rings. The molecule has 0 bridgehead atoms. The number of imidazole rings is 1. The quantitative estimate of drug-likeness (QED) is 0.332. The number of aliphatic hydroxyl groups excluding tert-OH is 1. The molecule has 1 N–H and O–H groups in total. The first-order chi connectivity index (χ1) is 15.5. The third kappa shape index (κ3) is 4.24. The number of hydrogen-bond acceptors (Lipinski definition) is 5. The standard InChI is InChI=1S/C24H22ClN3O4/c1-32-19-5-2-4-17(14-19)21-20(22(29)16-6-8-18(25)9-7-16)23(30)24(31)28(21)12-3-11-27-13-10-26-15-27/h2,4-10,13-15,21,29H,3,11-12H2,1H3/t21-/m0/s1. The number of methoxy groups -OCH3 is 1. The van der Waals surface area contributed by atoms with Crippen molar-refractivity contribution in [2.24, 2.45) is 0 Å². The fourth-order valence-electron chi connectivity index (χ4n) is 3.87. The lowest BCUT2D eigenvalue weighted by Crippen LogP contribution is -2.31. The number of likely N-dealkylation sites (tertiary alicyclic amines) is 1. The van der Waals surface area contributed by atoms with E-state index in [9.17, 15) is 14.7 Å². The van der Waals surface area contributed by atoms with Crippen molar-refractivity contribution in [1.82, 2.24) is 14.5 Å². The second kappa shape index (κ2) is 9.28. The number of nitrogens with zero attached hydrogens (tertiary/aromatic N) is 3. The van der Waals surface area contributed by atoms with E-state index >= 15 is 0 Å². The molecule has 32 heavy (non-hydrogen) atoms. The molecule has 0 unspecified atom stereocenters. The summed E-state index contributed by atoms with van der Waals surface area (Å²) in [5, 5.41) is 11.5. The molecule has 4 rings (SSSR count). The molecule has 1 aliphatic rings. The molecule has 1 saturated heterocycles. The zero-order valence-corrected chi connectivity index (χ0v) is 18.2. The summed E-state index contributed by atoms with van der Waals surface area (Å²) in [5.41, 5.74) is 1.15. The molecule has 7 nitrogen and oxygen atoms in total. The maximum Gasteiger partial charge on any atom is 0.295 e. The molecule has 2 aromatic carbocycles. The van der Waals surface area contributed by atoms with Gasteiger partial charge in [0.15, 0.2) is 0 Å². The van der Waals surface area contributed by atoms with Gasteiger partial charge in [0.2, 0.25) is 0 Å². The third-order valence-corrected chi connectivity index (χ3v) is 5.69. The molecule has 2 heterocycles. The van der Waals surface area contributed by atoms with E-state index in [-0.39, 0.29) is 11.3 Å². The number of amides is 1. The van der Waals surface area contributed by atoms with Crippen LogP contribution in [0, 0.1) is 0 Å². The van der Waals surface area contributed by atoms with Crippen LogP contribution in [0.2, 0.25) is 5.02 Å². The van der Waals surface area contributed by atoms with Gasteiger partial charge in [-0.15, -0.1) is 0 Å². The largest absolute Gasteiger partial charge is 0.507 e. The summed E-state index contributed by atoms with van der Waals surface area (Å²) in [5.74, 6) is -0.991. The fourth-order valence-corrected chi connectivity index (χ4v) is 4.00. The predicted octanol–water partition coefficient (Wildman–Crippen LogP) is 4.06. The lowest BCUT2D eigenvalue weighted by Gasteiger charge is -2.25. The van der Waals surface area contributed by atoms with Crippen molar-refractivity contribution in [1.29, 1.82) is 0 Å². The number of ether oxygens (including phenoxy) is 1. The van der Waals surface area contributed by atoms with Crippen LogP contribution in [0.15, 0.2) is 72.8 Å². The Morgan fingerprint density at radius 1 is 1.16 bits per heavy atom. The number of rotatable bonds is 7. The SMILES string of the molecule is COc1cccc([C@H]2C(=C(O)c3ccc(Cl)cc3)C(=O)C(=O)N2CCCn2ccnc2)c1. The van der Waals surface area contributed by atoms with Crippen LogP contribution in [0.1, 0.15) is 23.6 Å². The highest BCUT2D eigenvalue weighted by molar-refractivity contribution is 6.46. The van der Waals surface area contributed by atoms with Gasteiger partial charge in [0.05, 0.1) is 25.1 Å². The number of benzene rings is 2. The molecule has 0 saturated carbocycles. The van der Waals surface area contributed by atoms with E-state index < -0.39 is 17.7 Å². The molecule has 0 spiro atoms. The Bertz CT molecular complexity index is 1160. The minimum atomic E-state index is -0.733. The average Bonchev–Trinajstić information content (AvgIpc) is 3.41. The normalized spacial score (nSPS) is 17.7. The molecule has 1 aliphatic heterocycles. The number of carbonyl (C=O) groups excluding carboxylic acids is 2. The molecule has 0 radical (unpaired) electrons. The molecule has 164 valence electrons. The minimum absolute atomic E-state index is 0.0493. The predicted molar refractivity (Wildman–Crippen MR) is 120 cm³/mol. The number of carbonyl (C=O) groups is 2. The lowest BCUT2D eigenvalue weighted by molar-refractivity contribution is -0.139. The Hall–Kier alpha value is -3.58. The number of Topliss-reactive ketones (excluding diaryl/α,β-unsaturated/α-hetero) is 1. The van der Waals surface area contributed by atoms with Crippen LogP contribution in [-0.4, -0.2) is 44.9 Å². The molecular weight excluding hydrogens is 430 g/mol. The van der Waals surface area contributed by atoms with Gasteiger partial charge in [-0.2, -0.15) is 0 Å². The first kappa shape index (κ1) is 21.6. The van der Waals surface area contributed by atoms with Crippen LogP contribution in [0.5, 0.6) is 5.75 Å². The molecule has 1 atom stereocenters. The number of halogens is 1. The average molecular weight is 452 g/mol. The first-order valence-corrected chi connectivity index (χ1v) is 10.5. The summed E-state index contributed by atoms with van der Waals surface area (Å²) in [4.78, 5) is 31.6. The zero-order chi connectivity index (χ0) is 22.7. The molecule has 1 aromatic heterocycles. The number of ketones is 1. The number of hydrogen-bond donors (Lipinski definition) is 1. The molecular formula is C24H22ClN3O4. The Morgan fingerprint density at radius 2 is 1.94 bits per heavy atom. The van der Waals surface area contributed by atoms with E-state index in [4.69, 9.17) is 16.3 Å². The van der Waals surface area contributed by atoms with E-state index in [1.165, 1.54) is 4.90 Å². The van der Waals surface area contributed by atoms with Crippen LogP contribution in [0.25, 0.3) is 5.76 Å². The van der Waals surface area contributed by atoms with Crippen LogP contribution < -0.4 is 4.74 Å². The van der Waals surface area contributed by atoms with E-state index in [2.05, 4.69) is 4.98 Å². The van der Waals surface area contributed by atoms with Crippen LogP contribution in [0.4, 0.5) is 0 Å². The number of aliphatic hydroxyl groups is 1. The van der Waals surface area contributed by atoms with Gasteiger partial charge in [-0.1, -0.05) is 23.7 Å². The molecule has 1 amide bonds. The Balaban J connectivity index is 1.74. The first-order valence-electron chi connectivity index (χ1n) is 10.1. The fraction of sp³-hybridized carbons (Fsp3) is 0.208. The second-order valence-electron chi connectivity index (χ2n) is 7.43. The Morgan fingerprint density at radius 3 is 2.62 bits per heavy atom. The highest BCUT2D eigenvalue weighted by atomic mass is 35.5. The second-order valence-corrected chi connectivity index (χ2v) is 7.87. The van der Waals surface area contributed by atoms with Gasteiger partial charge < -0.3 is 19.3 Å². The maximum absolute atomic E-state index is 13.0. The van der Waals surface area contributed by atoms with Crippen LogP contribution >= 0.6 is 11.6 Å². The van der Waals surface area contributed by atoms with Crippen molar-refractivity contribution in [3.63, 3.8) is 0 Å². The summed E-state index contributed by atoms with van der Waals surface area (Å²) < 4.78 is 7.24. The summed E-state index contributed by atoms with van der Waals surface area (Å²) in [6, 6.07) is 12.9. The minimum Gasteiger partial charge on any atom is -0.507 e. The van der Waals surface area contributed by atoms with Gasteiger partial charge in [0, 0.05) is 36.1 Å². The van der Waals surface area contributed by atoms with E-state index in [1.807, 2.05) is 16.8 Å². The molecule has 1 fully saturated rings. The van der Waals surface area contributed by atoms with Crippen molar-refractivity contribution >= 4 is 29.1 Å². The van der Waals surface area contributed by atoms with Gasteiger partial charge in [-0.25, -0.2) is 4.98 Å². The highest BCUT2D eigenvalue weighted by Gasteiger charge is 2.45. The van der Waals surface area contributed by atoms with E-state index in [0.29, 0.717) is 41.4 Å². The van der Waals surface area contributed by atoms with Crippen molar-refractivity contribution in [3.05, 3.63) is 89.0 Å². The summed E-state index contributed by atoms with van der Waals surface area (Å²) in [7, 11) is 1.55. The van der Waals surface area contributed by atoms with Gasteiger partial charge in [0.25, 0.3) is 11.7 Å². The number of aryl methyl sites for hydroxylation is 1. The van der Waals surface area contributed by atoms with E-state index in [1.54, 1.807) is 62.1 Å². The topological polar surface area (TPSA) is 84.7 Å². The Labute approximate surface area is 190 Å². The van der Waals surface area contributed by atoms with Crippen molar-refractivity contribution in [2.75, 3.05) is 13.7 Å². The summed E-state index contributed by atoms with van der Waals surface area (Å²) in [6.45, 7) is 0.979. The van der Waals surface area contributed by atoms with Crippen LogP contribution in [-0.2, 0) is 16.1 Å². The summed E-state index contributed by atoms with van der Waals surface area (Å²) >= 11 is 5.96. The highest BCUT2D eigenvalue weighted by Crippen LogP contribution is 2.40. The van der Waals surface area contributed by atoms with Crippen molar-refractivity contribution < 1.29 is 19.4 Å². The maximum atomic E-state index is 13.0.